The molecule has 0 aliphatic rings. The number of rotatable bonds is 3. The van der Waals surface area contributed by atoms with Crippen LogP contribution in [0.1, 0.15) is 5.56 Å². The Bertz CT molecular complexity index is 590. The second kappa shape index (κ2) is 4.58. The van der Waals surface area contributed by atoms with Crippen molar-refractivity contribution in [2.45, 2.75) is 6.54 Å². The molecular formula is C10H11ClN4O2. The molecule has 0 saturated heterocycles. The van der Waals surface area contributed by atoms with Gasteiger partial charge in [0.1, 0.15) is 0 Å². The highest BCUT2D eigenvalue weighted by atomic mass is 35.5. The Morgan fingerprint density at radius 3 is 2.88 bits per heavy atom. The number of methoxy groups -OCH3 is 1. The van der Waals surface area contributed by atoms with Gasteiger partial charge in [-0.2, -0.15) is 5.10 Å². The molecule has 0 aliphatic carbocycles. The van der Waals surface area contributed by atoms with E-state index >= 15 is 0 Å². The van der Waals surface area contributed by atoms with Crippen LogP contribution in [0.3, 0.4) is 0 Å². The van der Waals surface area contributed by atoms with Crippen molar-refractivity contribution in [2.75, 3.05) is 7.11 Å². The third-order valence-electron chi connectivity index (χ3n) is 2.27. The molecule has 0 aliphatic heterocycles. The fourth-order valence-corrected chi connectivity index (χ4v) is 1.69. The van der Waals surface area contributed by atoms with E-state index in [1.54, 1.807) is 10.9 Å². The highest BCUT2D eigenvalue weighted by molar-refractivity contribution is 6.30. The molecule has 0 fully saturated rings. The SMILES string of the molecule is COc1c(Cl)ncn(Cc2cnn(C)c2)c1=O. The van der Waals surface area contributed by atoms with Crippen LogP contribution in [-0.4, -0.2) is 26.4 Å². The summed E-state index contributed by atoms with van der Waals surface area (Å²) in [7, 11) is 3.20. The van der Waals surface area contributed by atoms with E-state index < -0.39 is 0 Å². The largest absolute Gasteiger partial charge is 0.489 e. The molecule has 0 radical (unpaired) electrons. The molecule has 0 amide bonds. The molecule has 90 valence electrons. The summed E-state index contributed by atoms with van der Waals surface area (Å²) in [6.07, 6.45) is 4.90. The van der Waals surface area contributed by atoms with Gasteiger partial charge < -0.3 is 4.74 Å². The predicted octanol–water partition coefficient (Wildman–Crippen LogP) is 0.687. The van der Waals surface area contributed by atoms with Gasteiger partial charge in [-0.05, 0) is 0 Å². The van der Waals surface area contributed by atoms with Crippen LogP contribution in [0.15, 0.2) is 23.5 Å². The van der Waals surface area contributed by atoms with Crippen LogP contribution < -0.4 is 10.3 Å². The number of hydrogen-bond acceptors (Lipinski definition) is 4. The van der Waals surface area contributed by atoms with E-state index in [1.807, 2.05) is 13.2 Å². The monoisotopic (exact) mass is 254 g/mol. The Balaban J connectivity index is 2.37. The van der Waals surface area contributed by atoms with Crippen LogP contribution in [0, 0.1) is 0 Å². The van der Waals surface area contributed by atoms with Crippen LogP contribution in [-0.2, 0) is 13.6 Å². The molecule has 2 rings (SSSR count). The third-order valence-corrected chi connectivity index (χ3v) is 2.54. The van der Waals surface area contributed by atoms with Gasteiger partial charge in [0.05, 0.1) is 26.2 Å². The lowest BCUT2D eigenvalue weighted by molar-refractivity contribution is 0.401. The lowest BCUT2D eigenvalue weighted by Gasteiger charge is -2.06. The Kier molecular flexibility index (Phi) is 3.14. The molecule has 0 aromatic carbocycles. The molecule has 2 aromatic rings. The second-order valence-electron chi connectivity index (χ2n) is 3.52. The number of nitrogens with zero attached hydrogens (tertiary/aromatic N) is 4. The van der Waals surface area contributed by atoms with Gasteiger partial charge in [0.25, 0.3) is 5.56 Å². The Morgan fingerprint density at radius 2 is 2.29 bits per heavy atom. The summed E-state index contributed by atoms with van der Waals surface area (Å²) in [5.74, 6) is 0.0538. The van der Waals surface area contributed by atoms with E-state index in [1.165, 1.54) is 18.0 Å². The maximum absolute atomic E-state index is 11.9. The van der Waals surface area contributed by atoms with Gasteiger partial charge in [0.2, 0.25) is 5.75 Å². The lowest BCUT2D eigenvalue weighted by atomic mass is 10.3. The first kappa shape index (κ1) is 11.7. The highest BCUT2D eigenvalue weighted by Gasteiger charge is 2.10. The molecule has 6 nitrogen and oxygen atoms in total. The van der Waals surface area contributed by atoms with Crippen molar-refractivity contribution in [3.8, 4) is 5.75 Å². The van der Waals surface area contributed by atoms with E-state index in [4.69, 9.17) is 16.3 Å². The molecular weight excluding hydrogens is 244 g/mol. The van der Waals surface area contributed by atoms with Crippen molar-refractivity contribution in [3.05, 3.63) is 39.8 Å². The average molecular weight is 255 g/mol. The fourth-order valence-electron chi connectivity index (χ4n) is 1.48. The van der Waals surface area contributed by atoms with E-state index in [0.29, 0.717) is 6.54 Å². The molecule has 0 N–H and O–H groups in total. The molecule has 0 saturated carbocycles. The number of aryl methyl sites for hydroxylation is 1. The molecule has 2 heterocycles. The summed E-state index contributed by atoms with van der Waals surface area (Å²) in [5.41, 5.74) is 0.595. The molecule has 0 atom stereocenters. The molecule has 2 aromatic heterocycles. The second-order valence-corrected chi connectivity index (χ2v) is 3.88. The number of aromatic nitrogens is 4. The number of halogens is 1. The van der Waals surface area contributed by atoms with E-state index in [-0.39, 0.29) is 16.5 Å². The molecule has 7 heteroatoms. The van der Waals surface area contributed by atoms with Gasteiger partial charge in [0.15, 0.2) is 5.15 Å². The summed E-state index contributed by atoms with van der Waals surface area (Å²) >= 11 is 5.74. The van der Waals surface area contributed by atoms with E-state index in [9.17, 15) is 4.79 Å². The normalized spacial score (nSPS) is 10.5. The molecule has 0 unspecified atom stereocenters. The van der Waals surface area contributed by atoms with Crippen LogP contribution >= 0.6 is 11.6 Å². The molecule has 17 heavy (non-hydrogen) atoms. The maximum Gasteiger partial charge on any atom is 0.297 e. The zero-order chi connectivity index (χ0) is 12.4. The van der Waals surface area contributed by atoms with Crippen LogP contribution in [0.25, 0.3) is 0 Å². The fraction of sp³-hybridized carbons (Fsp3) is 0.300. The van der Waals surface area contributed by atoms with Crippen LogP contribution in [0.5, 0.6) is 5.75 Å². The van der Waals surface area contributed by atoms with Crippen molar-refractivity contribution in [2.24, 2.45) is 7.05 Å². The first-order chi connectivity index (χ1) is 8.11. The summed E-state index contributed by atoms with van der Waals surface area (Å²) in [6, 6.07) is 0. The van der Waals surface area contributed by atoms with Crippen molar-refractivity contribution < 1.29 is 4.74 Å². The Hall–Kier alpha value is -1.82. The van der Waals surface area contributed by atoms with Crippen LogP contribution in [0.4, 0.5) is 0 Å². The van der Waals surface area contributed by atoms with Gasteiger partial charge >= 0.3 is 0 Å². The summed E-state index contributed by atoms with van der Waals surface area (Å²) in [5, 5.41) is 4.10. The maximum atomic E-state index is 11.9. The average Bonchev–Trinajstić information content (AvgIpc) is 2.69. The van der Waals surface area contributed by atoms with Crippen LogP contribution in [0.2, 0.25) is 5.15 Å². The van der Waals surface area contributed by atoms with Crippen molar-refractivity contribution in [1.82, 2.24) is 19.3 Å². The van der Waals surface area contributed by atoms with Crippen molar-refractivity contribution in [1.29, 1.82) is 0 Å². The van der Waals surface area contributed by atoms with Gasteiger partial charge in [-0.3, -0.25) is 14.0 Å². The quantitative estimate of drug-likeness (QED) is 0.756. The zero-order valence-electron chi connectivity index (χ0n) is 9.42. The van der Waals surface area contributed by atoms with E-state index in [2.05, 4.69) is 10.1 Å². The van der Waals surface area contributed by atoms with Gasteiger partial charge in [-0.25, -0.2) is 4.98 Å². The zero-order valence-corrected chi connectivity index (χ0v) is 10.2. The first-order valence-corrected chi connectivity index (χ1v) is 5.26. The van der Waals surface area contributed by atoms with E-state index in [0.717, 1.165) is 5.56 Å². The number of ether oxygens (including phenoxy) is 1. The Morgan fingerprint density at radius 1 is 1.53 bits per heavy atom. The lowest BCUT2D eigenvalue weighted by Crippen LogP contribution is -2.22. The highest BCUT2D eigenvalue weighted by Crippen LogP contribution is 2.15. The third kappa shape index (κ3) is 2.31. The minimum Gasteiger partial charge on any atom is -0.489 e. The van der Waals surface area contributed by atoms with Crippen molar-refractivity contribution in [3.63, 3.8) is 0 Å². The van der Waals surface area contributed by atoms with Crippen molar-refractivity contribution >= 4 is 11.6 Å². The minimum atomic E-state index is -0.309. The minimum absolute atomic E-state index is 0.0538. The molecule has 0 bridgehead atoms. The summed E-state index contributed by atoms with van der Waals surface area (Å²) in [6.45, 7) is 0.382. The Labute approximate surface area is 102 Å². The topological polar surface area (TPSA) is 61.9 Å². The number of hydrogen-bond donors (Lipinski definition) is 0. The molecule has 0 spiro atoms. The predicted molar refractivity (Wildman–Crippen MR) is 62.4 cm³/mol. The van der Waals surface area contributed by atoms with Gasteiger partial charge in [-0.15, -0.1) is 0 Å². The standard InChI is InChI=1S/C10H11ClN4O2/c1-14-4-7(3-13-14)5-15-6-12-9(11)8(17-2)10(15)16/h3-4,6H,5H2,1-2H3. The van der Waals surface area contributed by atoms with Gasteiger partial charge in [-0.1, -0.05) is 11.6 Å². The summed E-state index contributed by atoms with van der Waals surface area (Å²) in [4.78, 5) is 15.8. The first-order valence-electron chi connectivity index (χ1n) is 4.88. The van der Waals surface area contributed by atoms with Gasteiger partial charge in [0, 0.05) is 18.8 Å². The summed E-state index contributed by atoms with van der Waals surface area (Å²) < 4.78 is 8.00. The smallest absolute Gasteiger partial charge is 0.297 e.